The molecular formula is C16H19N3O2. The number of benzene rings is 1. The zero-order valence-electron chi connectivity index (χ0n) is 11.7. The predicted molar refractivity (Wildman–Crippen MR) is 80.5 cm³/mol. The Morgan fingerprint density at radius 1 is 1.19 bits per heavy atom. The van der Waals surface area contributed by atoms with E-state index in [9.17, 15) is 4.79 Å². The Labute approximate surface area is 123 Å². The Morgan fingerprint density at radius 3 is 2.57 bits per heavy atom. The van der Waals surface area contributed by atoms with E-state index in [1.54, 1.807) is 12.4 Å². The summed E-state index contributed by atoms with van der Waals surface area (Å²) in [4.78, 5) is 14.8. The van der Waals surface area contributed by atoms with Gasteiger partial charge in [0.25, 0.3) is 0 Å². The molecule has 5 nitrogen and oxygen atoms in total. The van der Waals surface area contributed by atoms with Gasteiger partial charge in [0, 0.05) is 30.4 Å². The average Bonchev–Trinajstić information content (AvgIpc) is 2.47. The number of nitrogens with zero attached hydrogens (tertiary/aromatic N) is 1. The summed E-state index contributed by atoms with van der Waals surface area (Å²) in [7, 11) is 0. The van der Waals surface area contributed by atoms with Gasteiger partial charge in [-0.25, -0.2) is 0 Å². The summed E-state index contributed by atoms with van der Waals surface area (Å²) in [6.07, 6.45) is 4.32. The van der Waals surface area contributed by atoms with Crippen LogP contribution in [0, 0.1) is 0 Å². The maximum absolute atomic E-state index is 10.8. The fourth-order valence-electron chi connectivity index (χ4n) is 2.01. The van der Waals surface area contributed by atoms with E-state index in [1.165, 1.54) is 0 Å². The lowest BCUT2D eigenvalue weighted by atomic mass is 10.0. The highest BCUT2D eigenvalue weighted by molar-refractivity contribution is 5.74. The molecule has 1 aromatic carbocycles. The van der Waals surface area contributed by atoms with Crippen molar-refractivity contribution in [2.24, 2.45) is 11.5 Å². The highest BCUT2D eigenvalue weighted by atomic mass is 16.5. The third-order valence-electron chi connectivity index (χ3n) is 3.01. The van der Waals surface area contributed by atoms with Crippen molar-refractivity contribution in [1.29, 1.82) is 0 Å². The highest BCUT2D eigenvalue weighted by Crippen LogP contribution is 2.15. The van der Waals surface area contributed by atoms with Crippen LogP contribution in [0.25, 0.3) is 0 Å². The van der Waals surface area contributed by atoms with Crippen LogP contribution in [0.2, 0.25) is 0 Å². The predicted octanol–water partition coefficient (Wildman–Crippen LogP) is 1.41. The van der Waals surface area contributed by atoms with Crippen LogP contribution in [0.3, 0.4) is 0 Å². The number of primary amides is 1. The molecule has 0 saturated carbocycles. The number of hydrogen-bond acceptors (Lipinski definition) is 4. The number of rotatable bonds is 7. The minimum absolute atomic E-state index is 0.194. The van der Waals surface area contributed by atoms with E-state index < -0.39 is 0 Å². The molecule has 2 rings (SSSR count). The smallest absolute Gasteiger partial charge is 0.218 e. The summed E-state index contributed by atoms with van der Waals surface area (Å²) in [5, 5.41) is 0. The van der Waals surface area contributed by atoms with Crippen molar-refractivity contribution in [2.75, 3.05) is 0 Å². The van der Waals surface area contributed by atoms with E-state index in [4.69, 9.17) is 16.2 Å². The van der Waals surface area contributed by atoms with Crippen molar-refractivity contribution in [2.45, 2.75) is 25.5 Å². The summed E-state index contributed by atoms with van der Waals surface area (Å²) in [6.45, 7) is 0.481. The molecule has 0 aliphatic heterocycles. The van der Waals surface area contributed by atoms with Crippen LogP contribution in [-0.4, -0.2) is 16.9 Å². The minimum Gasteiger partial charge on any atom is -0.489 e. The van der Waals surface area contributed by atoms with Gasteiger partial charge in [-0.15, -0.1) is 0 Å². The molecule has 0 radical (unpaired) electrons. The molecule has 0 aliphatic carbocycles. The fourth-order valence-corrected chi connectivity index (χ4v) is 2.01. The normalized spacial score (nSPS) is 11.9. The molecule has 0 fully saturated rings. The van der Waals surface area contributed by atoms with Crippen molar-refractivity contribution in [3.8, 4) is 5.75 Å². The molecule has 110 valence electrons. The quantitative estimate of drug-likeness (QED) is 0.804. The summed E-state index contributed by atoms with van der Waals surface area (Å²) in [5.74, 6) is 0.407. The third-order valence-corrected chi connectivity index (χ3v) is 3.01. The Hall–Kier alpha value is -2.40. The molecule has 1 heterocycles. The summed E-state index contributed by atoms with van der Waals surface area (Å²) in [6, 6.07) is 11.3. The average molecular weight is 285 g/mol. The Bertz CT molecular complexity index is 570. The molecule has 1 amide bonds. The van der Waals surface area contributed by atoms with Gasteiger partial charge < -0.3 is 16.2 Å². The van der Waals surface area contributed by atoms with Gasteiger partial charge in [-0.05, 0) is 30.2 Å². The number of amides is 1. The molecule has 4 N–H and O–H groups in total. The SMILES string of the molecule is NC(=O)CC(N)Cc1ccc(OCc2cccnc2)cc1. The van der Waals surface area contributed by atoms with E-state index in [1.807, 2.05) is 36.4 Å². The first-order valence-corrected chi connectivity index (χ1v) is 6.78. The van der Waals surface area contributed by atoms with Crippen LogP contribution in [0.15, 0.2) is 48.8 Å². The first-order valence-electron chi connectivity index (χ1n) is 6.78. The monoisotopic (exact) mass is 285 g/mol. The van der Waals surface area contributed by atoms with Gasteiger partial charge in [0.1, 0.15) is 12.4 Å². The van der Waals surface area contributed by atoms with Crippen molar-refractivity contribution < 1.29 is 9.53 Å². The number of nitrogens with two attached hydrogens (primary N) is 2. The lowest BCUT2D eigenvalue weighted by Gasteiger charge is -2.10. The van der Waals surface area contributed by atoms with E-state index in [0.717, 1.165) is 16.9 Å². The van der Waals surface area contributed by atoms with E-state index in [0.29, 0.717) is 13.0 Å². The molecule has 1 unspecified atom stereocenters. The number of aromatic nitrogens is 1. The van der Waals surface area contributed by atoms with Crippen LogP contribution in [0.5, 0.6) is 5.75 Å². The molecule has 0 bridgehead atoms. The molecule has 1 aromatic heterocycles. The van der Waals surface area contributed by atoms with Crippen LogP contribution in [0.1, 0.15) is 17.5 Å². The standard InChI is InChI=1S/C16H19N3O2/c17-14(9-16(18)20)8-12-3-5-15(6-4-12)21-11-13-2-1-7-19-10-13/h1-7,10,14H,8-9,11,17H2,(H2,18,20). The second kappa shape index (κ2) is 7.40. The van der Waals surface area contributed by atoms with Crippen molar-refractivity contribution in [3.63, 3.8) is 0 Å². The summed E-state index contributed by atoms with van der Waals surface area (Å²) in [5.41, 5.74) is 13.0. The van der Waals surface area contributed by atoms with Gasteiger partial charge in [-0.2, -0.15) is 0 Å². The lowest BCUT2D eigenvalue weighted by Crippen LogP contribution is -2.29. The second-order valence-electron chi connectivity index (χ2n) is 4.93. The van der Waals surface area contributed by atoms with Gasteiger partial charge in [-0.3, -0.25) is 9.78 Å². The molecule has 2 aromatic rings. The van der Waals surface area contributed by atoms with Crippen molar-refractivity contribution in [1.82, 2.24) is 4.98 Å². The Morgan fingerprint density at radius 2 is 1.95 bits per heavy atom. The first-order chi connectivity index (χ1) is 10.1. The number of hydrogen-bond donors (Lipinski definition) is 2. The second-order valence-corrected chi connectivity index (χ2v) is 4.93. The van der Waals surface area contributed by atoms with Gasteiger partial charge >= 0.3 is 0 Å². The van der Waals surface area contributed by atoms with Gasteiger partial charge in [-0.1, -0.05) is 18.2 Å². The van der Waals surface area contributed by atoms with Crippen LogP contribution in [-0.2, 0) is 17.8 Å². The van der Waals surface area contributed by atoms with Gasteiger partial charge in [0.2, 0.25) is 5.91 Å². The lowest BCUT2D eigenvalue weighted by molar-refractivity contribution is -0.118. The topological polar surface area (TPSA) is 91.2 Å². The number of carbonyl (C=O) groups is 1. The zero-order chi connectivity index (χ0) is 15.1. The van der Waals surface area contributed by atoms with E-state index in [-0.39, 0.29) is 18.4 Å². The molecule has 0 saturated heterocycles. The summed E-state index contributed by atoms with van der Waals surface area (Å²) >= 11 is 0. The zero-order valence-corrected chi connectivity index (χ0v) is 11.7. The largest absolute Gasteiger partial charge is 0.489 e. The van der Waals surface area contributed by atoms with Crippen LogP contribution < -0.4 is 16.2 Å². The highest BCUT2D eigenvalue weighted by Gasteiger charge is 2.07. The maximum atomic E-state index is 10.8. The molecule has 0 aliphatic rings. The van der Waals surface area contributed by atoms with Crippen molar-refractivity contribution >= 4 is 5.91 Å². The number of carbonyl (C=O) groups excluding carboxylic acids is 1. The number of pyridine rings is 1. The fraction of sp³-hybridized carbons (Fsp3) is 0.250. The van der Waals surface area contributed by atoms with Crippen molar-refractivity contribution in [3.05, 3.63) is 59.9 Å². The van der Waals surface area contributed by atoms with Gasteiger partial charge in [0.15, 0.2) is 0 Å². The maximum Gasteiger partial charge on any atom is 0.218 e. The summed E-state index contributed by atoms with van der Waals surface area (Å²) < 4.78 is 5.67. The molecule has 21 heavy (non-hydrogen) atoms. The van der Waals surface area contributed by atoms with E-state index >= 15 is 0 Å². The molecule has 5 heteroatoms. The Kier molecular flexibility index (Phi) is 5.29. The van der Waals surface area contributed by atoms with Crippen LogP contribution >= 0.6 is 0 Å². The molecule has 0 spiro atoms. The van der Waals surface area contributed by atoms with Crippen LogP contribution in [0.4, 0.5) is 0 Å². The minimum atomic E-state index is -0.376. The molecule has 1 atom stereocenters. The number of ether oxygens (including phenoxy) is 1. The first kappa shape index (κ1) is 15.0. The van der Waals surface area contributed by atoms with E-state index in [2.05, 4.69) is 4.98 Å². The Balaban J connectivity index is 1.85. The third kappa shape index (κ3) is 5.24. The van der Waals surface area contributed by atoms with Gasteiger partial charge in [0.05, 0.1) is 0 Å². The molecular weight excluding hydrogens is 266 g/mol.